The number of ether oxygens (including phenoxy) is 1. The number of piperidine rings is 1. The molecule has 0 amide bonds. The molecule has 16 heavy (non-hydrogen) atoms. The van der Waals surface area contributed by atoms with Crippen LogP contribution >= 0.6 is 0 Å². The van der Waals surface area contributed by atoms with Gasteiger partial charge in [-0.3, -0.25) is 0 Å². The molecule has 1 aromatic heterocycles. The molecule has 1 fully saturated rings. The third-order valence-corrected chi connectivity index (χ3v) is 2.77. The first-order valence-electron chi connectivity index (χ1n) is 5.24. The van der Waals surface area contributed by atoms with Crippen molar-refractivity contribution in [2.75, 3.05) is 25.1 Å². The molecule has 1 aliphatic heterocycles. The van der Waals surface area contributed by atoms with Crippen molar-refractivity contribution in [1.82, 2.24) is 4.98 Å². The highest BCUT2D eigenvalue weighted by Gasteiger charge is 2.34. The molecule has 0 atom stereocenters. The lowest BCUT2D eigenvalue weighted by Crippen LogP contribution is -2.39. The predicted molar refractivity (Wildman–Crippen MR) is 57.2 cm³/mol. The van der Waals surface area contributed by atoms with Gasteiger partial charge in [0.25, 0.3) is 5.92 Å². The Balaban J connectivity index is 2.14. The second-order valence-electron chi connectivity index (χ2n) is 3.87. The maximum Gasteiger partial charge on any atom is 0.251 e. The van der Waals surface area contributed by atoms with E-state index in [1.54, 1.807) is 25.4 Å². The molecule has 2 heterocycles. The van der Waals surface area contributed by atoms with Gasteiger partial charge in [-0.2, -0.15) is 0 Å². The minimum Gasteiger partial charge on any atom is -0.493 e. The molecule has 1 aliphatic rings. The Morgan fingerprint density at radius 3 is 2.69 bits per heavy atom. The van der Waals surface area contributed by atoms with Gasteiger partial charge in [0.15, 0.2) is 11.6 Å². The van der Waals surface area contributed by atoms with Crippen LogP contribution in [0.5, 0.6) is 5.75 Å². The van der Waals surface area contributed by atoms with Crippen LogP contribution in [0.3, 0.4) is 0 Å². The molecule has 0 saturated carbocycles. The van der Waals surface area contributed by atoms with Crippen molar-refractivity contribution < 1.29 is 13.5 Å². The van der Waals surface area contributed by atoms with Crippen LogP contribution in [0.2, 0.25) is 0 Å². The van der Waals surface area contributed by atoms with E-state index >= 15 is 0 Å². The van der Waals surface area contributed by atoms with E-state index in [0.717, 1.165) is 0 Å². The van der Waals surface area contributed by atoms with E-state index in [9.17, 15) is 8.78 Å². The predicted octanol–water partition coefficient (Wildman–Crippen LogP) is 2.33. The SMILES string of the molecule is COc1cccnc1N1CCC(F)(F)CC1. The molecule has 88 valence electrons. The fourth-order valence-corrected chi connectivity index (χ4v) is 1.82. The van der Waals surface area contributed by atoms with Crippen LogP contribution in [0.15, 0.2) is 18.3 Å². The van der Waals surface area contributed by atoms with Crippen molar-refractivity contribution in [3.05, 3.63) is 18.3 Å². The Bertz CT molecular complexity index is 361. The molecule has 0 aromatic carbocycles. The van der Waals surface area contributed by atoms with Gasteiger partial charge < -0.3 is 9.64 Å². The third kappa shape index (κ3) is 2.23. The maximum absolute atomic E-state index is 13.0. The van der Waals surface area contributed by atoms with Gasteiger partial charge >= 0.3 is 0 Å². The van der Waals surface area contributed by atoms with Crippen molar-refractivity contribution >= 4 is 5.82 Å². The summed E-state index contributed by atoms with van der Waals surface area (Å²) in [5, 5.41) is 0. The number of methoxy groups -OCH3 is 1. The maximum atomic E-state index is 13.0. The summed E-state index contributed by atoms with van der Waals surface area (Å²) in [5.74, 6) is -1.24. The van der Waals surface area contributed by atoms with Gasteiger partial charge in [-0.05, 0) is 12.1 Å². The zero-order chi connectivity index (χ0) is 11.6. The second-order valence-corrected chi connectivity index (χ2v) is 3.87. The van der Waals surface area contributed by atoms with Gasteiger partial charge in [-0.15, -0.1) is 0 Å². The molecular weight excluding hydrogens is 214 g/mol. The van der Waals surface area contributed by atoms with E-state index in [1.807, 2.05) is 4.90 Å². The molecule has 5 heteroatoms. The normalized spacial score (nSPS) is 19.6. The quantitative estimate of drug-likeness (QED) is 0.776. The Hall–Kier alpha value is -1.39. The number of anilines is 1. The Labute approximate surface area is 93.0 Å². The van der Waals surface area contributed by atoms with E-state index in [2.05, 4.69) is 4.98 Å². The van der Waals surface area contributed by atoms with Crippen LogP contribution in [-0.4, -0.2) is 31.1 Å². The fraction of sp³-hybridized carbons (Fsp3) is 0.545. The molecule has 1 saturated heterocycles. The second kappa shape index (κ2) is 4.23. The van der Waals surface area contributed by atoms with Gasteiger partial charge in [-0.1, -0.05) is 0 Å². The van der Waals surface area contributed by atoms with E-state index in [0.29, 0.717) is 24.7 Å². The van der Waals surface area contributed by atoms with Gasteiger partial charge in [0.1, 0.15) is 0 Å². The largest absolute Gasteiger partial charge is 0.493 e. The van der Waals surface area contributed by atoms with Crippen LogP contribution in [0.4, 0.5) is 14.6 Å². The van der Waals surface area contributed by atoms with Gasteiger partial charge in [0, 0.05) is 32.1 Å². The zero-order valence-electron chi connectivity index (χ0n) is 9.12. The van der Waals surface area contributed by atoms with Crippen LogP contribution in [-0.2, 0) is 0 Å². The minimum atomic E-state index is -2.53. The van der Waals surface area contributed by atoms with Crippen LogP contribution in [0.25, 0.3) is 0 Å². The van der Waals surface area contributed by atoms with Crippen molar-refractivity contribution in [3.63, 3.8) is 0 Å². The highest BCUT2D eigenvalue weighted by atomic mass is 19.3. The summed E-state index contributed by atoms with van der Waals surface area (Å²) >= 11 is 0. The van der Waals surface area contributed by atoms with Crippen LogP contribution in [0.1, 0.15) is 12.8 Å². The molecule has 0 aliphatic carbocycles. The fourth-order valence-electron chi connectivity index (χ4n) is 1.82. The number of rotatable bonds is 2. The first-order chi connectivity index (χ1) is 7.62. The smallest absolute Gasteiger partial charge is 0.251 e. The van der Waals surface area contributed by atoms with E-state index < -0.39 is 5.92 Å². The minimum absolute atomic E-state index is 0.118. The summed E-state index contributed by atoms with van der Waals surface area (Å²) in [7, 11) is 1.55. The van der Waals surface area contributed by atoms with Crippen molar-refractivity contribution in [2.24, 2.45) is 0 Å². The molecular formula is C11H14F2N2O. The molecule has 0 radical (unpaired) electrons. The lowest BCUT2D eigenvalue weighted by molar-refractivity contribution is -0.0222. The van der Waals surface area contributed by atoms with Crippen LogP contribution in [0, 0.1) is 0 Å². The summed E-state index contributed by atoms with van der Waals surface area (Å²) in [5.41, 5.74) is 0. The van der Waals surface area contributed by atoms with Gasteiger partial charge in [0.2, 0.25) is 0 Å². The lowest BCUT2D eigenvalue weighted by Gasteiger charge is -2.33. The molecule has 0 unspecified atom stereocenters. The lowest BCUT2D eigenvalue weighted by atomic mass is 10.1. The van der Waals surface area contributed by atoms with E-state index in [1.165, 1.54) is 0 Å². The first kappa shape index (κ1) is 11.1. The molecule has 2 rings (SSSR count). The standard InChI is InChI=1S/C11H14F2N2O/c1-16-9-3-2-6-14-10(9)15-7-4-11(12,13)5-8-15/h2-3,6H,4-5,7-8H2,1H3. The first-order valence-corrected chi connectivity index (χ1v) is 5.24. The highest BCUT2D eigenvalue weighted by molar-refractivity contribution is 5.52. The summed E-state index contributed by atoms with van der Waals surface area (Å²) in [4.78, 5) is 6.02. The van der Waals surface area contributed by atoms with E-state index in [-0.39, 0.29) is 12.8 Å². The monoisotopic (exact) mass is 228 g/mol. The summed E-state index contributed by atoms with van der Waals surface area (Å²) in [6, 6.07) is 3.55. The third-order valence-electron chi connectivity index (χ3n) is 2.77. The molecule has 0 N–H and O–H groups in total. The number of hydrogen-bond acceptors (Lipinski definition) is 3. The number of hydrogen-bond donors (Lipinski definition) is 0. The number of alkyl halides is 2. The van der Waals surface area contributed by atoms with Crippen LogP contribution < -0.4 is 9.64 Å². The summed E-state index contributed by atoms with van der Waals surface area (Å²) in [6.45, 7) is 0.640. The zero-order valence-corrected chi connectivity index (χ0v) is 9.12. The molecule has 3 nitrogen and oxygen atoms in total. The number of nitrogens with zero attached hydrogens (tertiary/aromatic N) is 2. The highest BCUT2D eigenvalue weighted by Crippen LogP contribution is 2.33. The van der Waals surface area contributed by atoms with Crippen molar-refractivity contribution in [1.29, 1.82) is 0 Å². The average molecular weight is 228 g/mol. The molecule has 0 spiro atoms. The number of aromatic nitrogens is 1. The average Bonchev–Trinajstić information content (AvgIpc) is 2.29. The molecule has 0 bridgehead atoms. The Morgan fingerprint density at radius 2 is 2.06 bits per heavy atom. The van der Waals surface area contributed by atoms with E-state index in [4.69, 9.17) is 4.74 Å². The van der Waals surface area contributed by atoms with Crippen molar-refractivity contribution in [2.45, 2.75) is 18.8 Å². The summed E-state index contributed by atoms with van der Waals surface area (Å²) in [6.07, 6.45) is 1.41. The topological polar surface area (TPSA) is 25.4 Å². The number of halogens is 2. The molecule has 1 aromatic rings. The van der Waals surface area contributed by atoms with Gasteiger partial charge in [-0.25, -0.2) is 13.8 Å². The van der Waals surface area contributed by atoms with Crippen molar-refractivity contribution in [3.8, 4) is 5.75 Å². The van der Waals surface area contributed by atoms with Gasteiger partial charge in [0.05, 0.1) is 7.11 Å². The Kier molecular flexibility index (Phi) is 2.94. The summed E-state index contributed by atoms with van der Waals surface area (Å²) < 4.78 is 31.2. The Morgan fingerprint density at radius 1 is 1.38 bits per heavy atom. The number of pyridine rings is 1.